The second-order valence-corrected chi connectivity index (χ2v) is 7.57. The number of methoxy groups -OCH3 is 1. The van der Waals surface area contributed by atoms with Crippen molar-refractivity contribution in [2.45, 2.75) is 38.7 Å². The van der Waals surface area contributed by atoms with Crippen LogP contribution < -0.4 is 4.74 Å². The lowest BCUT2D eigenvalue weighted by atomic mass is 9.98. The summed E-state index contributed by atoms with van der Waals surface area (Å²) in [6, 6.07) is 6.12. The summed E-state index contributed by atoms with van der Waals surface area (Å²) in [6.07, 6.45) is 4.21. The summed E-state index contributed by atoms with van der Waals surface area (Å²) in [5, 5.41) is 10.8. The molecule has 0 saturated heterocycles. The highest BCUT2D eigenvalue weighted by molar-refractivity contribution is 9.10. The van der Waals surface area contributed by atoms with Crippen LogP contribution in [-0.2, 0) is 12.8 Å². The Hall–Kier alpha value is -0.840. The van der Waals surface area contributed by atoms with Gasteiger partial charge in [-0.3, -0.25) is 0 Å². The Morgan fingerprint density at radius 3 is 2.71 bits per heavy atom. The number of benzene rings is 1. The maximum Gasteiger partial charge on any atom is 0.125 e. The summed E-state index contributed by atoms with van der Waals surface area (Å²) in [5.41, 5.74) is 3.35. The maximum atomic E-state index is 10.8. The monoisotopic (exact) mass is 366 g/mol. The predicted octanol–water partition coefficient (Wildman–Crippen LogP) is 4.79. The Morgan fingerprint density at radius 1 is 1.24 bits per heavy atom. The van der Waals surface area contributed by atoms with Crippen LogP contribution >= 0.6 is 27.3 Å². The van der Waals surface area contributed by atoms with Crippen molar-refractivity contribution >= 4 is 27.3 Å². The van der Waals surface area contributed by atoms with E-state index in [1.807, 2.05) is 19.1 Å². The van der Waals surface area contributed by atoms with Crippen LogP contribution in [0.2, 0.25) is 0 Å². The van der Waals surface area contributed by atoms with Crippen LogP contribution in [0.15, 0.2) is 22.7 Å². The summed E-state index contributed by atoms with van der Waals surface area (Å²) in [6.45, 7) is 2.02. The summed E-state index contributed by atoms with van der Waals surface area (Å²) in [4.78, 5) is 2.47. The Balaban J connectivity index is 1.99. The molecule has 1 N–H and O–H groups in total. The van der Waals surface area contributed by atoms with E-state index in [0.717, 1.165) is 39.1 Å². The molecule has 112 valence electrons. The maximum absolute atomic E-state index is 10.8. The number of aliphatic hydroxyl groups excluding tert-OH is 1. The molecule has 3 rings (SSSR count). The fraction of sp³-hybridized carbons (Fsp3) is 0.412. The summed E-state index contributed by atoms with van der Waals surface area (Å²) in [5.74, 6) is 0.745. The van der Waals surface area contributed by atoms with E-state index >= 15 is 0 Å². The van der Waals surface area contributed by atoms with E-state index in [0.29, 0.717) is 0 Å². The number of halogens is 1. The molecule has 1 aromatic carbocycles. The van der Waals surface area contributed by atoms with Gasteiger partial charge in [0.2, 0.25) is 0 Å². The minimum atomic E-state index is -0.618. The average molecular weight is 367 g/mol. The van der Waals surface area contributed by atoms with Crippen molar-refractivity contribution < 1.29 is 9.84 Å². The number of rotatable bonds is 3. The number of ether oxygens (including phenoxy) is 1. The van der Waals surface area contributed by atoms with E-state index in [1.54, 1.807) is 18.4 Å². The van der Waals surface area contributed by atoms with Crippen LogP contribution in [0, 0.1) is 6.92 Å². The zero-order chi connectivity index (χ0) is 15.0. The van der Waals surface area contributed by atoms with Gasteiger partial charge in [0.1, 0.15) is 11.9 Å². The van der Waals surface area contributed by atoms with Gasteiger partial charge in [-0.1, -0.05) is 15.9 Å². The van der Waals surface area contributed by atoms with Crippen molar-refractivity contribution in [2.75, 3.05) is 7.11 Å². The third kappa shape index (κ3) is 2.89. The van der Waals surface area contributed by atoms with Gasteiger partial charge in [0.15, 0.2) is 0 Å². The van der Waals surface area contributed by atoms with E-state index in [2.05, 4.69) is 22.0 Å². The first-order valence-corrected chi connectivity index (χ1v) is 8.84. The van der Waals surface area contributed by atoms with E-state index in [4.69, 9.17) is 4.74 Å². The predicted molar refractivity (Wildman–Crippen MR) is 90.5 cm³/mol. The zero-order valence-corrected chi connectivity index (χ0v) is 14.7. The van der Waals surface area contributed by atoms with Crippen LogP contribution in [0.3, 0.4) is 0 Å². The second kappa shape index (κ2) is 6.11. The van der Waals surface area contributed by atoms with Gasteiger partial charge in [-0.05, 0) is 61.9 Å². The van der Waals surface area contributed by atoms with Crippen molar-refractivity contribution in [1.29, 1.82) is 0 Å². The van der Waals surface area contributed by atoms with Gasteiger partial charge in [-0.15, -0.1) is 11.3 Å². The molecule has 0 bridgehead atoms. The normalized spacial score (nSPS) is 15.6. The van der Waals surface area contributed by atoms with Crippen molar-refractivity contribution in [3.63, 3.8) is 0 Å². The molecule has 2 nitrogen and oxygen atoms in total. The molecule has 21 heavy (non-hydrogen) atoms. The van der Waals surface area contributed by atoms with Crippen molar-refractivity contribution in [2.24, 2.45) is 0 Å². The fourth-order valence-corrected chi connectivity index (χ4v) is 4.49. The van der Waals surface area contributed by atoms with Gasteiger partial charge in [0.05, 0.1) is 7.11 Å². The lowest BCUT2D eigenvalue weighted by Crippen LogP contribution is -2.01. The number of aliphatic hydroxyl groups is 1. The molecular weight excluding hydrogens is 348 g/mol. The van der Waals surface area contributed by atoms with Gasteiger partial charge in [0.25, 0.3) is 0 Å². The van der Waals surface area contributed by atoms with Gasteiger partial charge in [0, 0.05) is 19.8 Å². The molecule has 0 radical (unpaired) electrons. The molecular formula is C17H19BrO2S. The van der Waals surface area contributed by atoms with Crippen LogP contribution in [0.5, 0.6) is 5.75 Å². The van der Waals surface area contributed by atoms with Crippen LogP contribution in [-0.4, -0.2) is 12.2 Å². The molecule has 1 aromatic heterocycles. The number of hydrogen-bond donors (Lipinski definition) is 1. The lowest BCUT2D eigenvalue weighted by molar-refractivity contribution is 0.218. The quantitative estimate of drug-likeness (QED) is 0.845. The second-order valence-electron chi connectivity index (χ2n) is 5.55. The Kier molecular flexibility index (Phi) is 4.38. The first-order valence-electron chi connectivity index (χ1n) is 7.23. The van der Waals surface area contributed by atoms with E-state index in [1.165, 1.54) is 23.3 Å². The SMILES string of the molecule is COc1cc(C)c(Br)cc1C(O)c1cc2c(s1)CCCC2. The largest absolute Gasteiger partial charge is 0.496 e. The topological polar surface area (TPSA) is 29.5 Å². The number of fused-ring (bicyclic) bond motifs is 1. The molecule has 0 spiro atoms. The van der Waals surface area contributed by atoms with Crippen LogP contribution in [0.1, 0.15) is 45.4 Å². The molecule has 0 fully saturated rings. The Morgan fingerprint density at radius 2 is 2.00 bits per heavy atom. The first-order chi connectivity index (χ1) is 10.1. The minimum Gasteiger partial charge on any atom is -0.496 e. The van der Waals surface area contributed by atoms with Gasteiger partial charge in [-0.2, -0.15) is 0 Å². The average Bonchev–Trinajstić information content (AvgIpc) is 2.92. The minimum absolute atomic E-state index is 0.618. The molecule has 0 amide bonds. The van der Waals surface area contributed by atoms with Crippen molar-refractivity contribution in [3.05, 3.63) is 49.1 Å². The number of hydrogen-bond acceptors (Lipinski definition) is 3. The van der Waals surface area contributed by atoms with Crippen molar-refractivity contribution in [3.8, 4) is 5.75 Å². The smallest absolute Gasteiger partial charge is 0.125 e. The van der Waals surface area contributed by atoms with E-state index in [9.17, 15) is 5.11 Å². The highest BCUT2D eigenvalue weighted by Gasteiger charge is 2.22. The van der Waals surface area contributed by atoms with Gasteiger partial charge < -0.3 is 9.84 Å². The highest BCUT2D eigenvalue weighted by Crippen LogP contribution is 2.39. The summed E-state index contributed by atoms with van der Waals surface area (Å²) >= 11 is 5.29. The van der Waals surface area contributed by atoms with Crippen LogP contribution in [0.25, 0.3) is 0 Å². The molecule has 1 aliphatic carbocycles. The number of thiophene rings is 1. The van der Waals surface area contributed by atoms with E-state index < -0.39 is 6.10 Å². The molecule has 1 unspecified atom stereocenters. The molecule has 1 atom stereocenters. The van der Waals surface area contributed by atoms with E-state index in [-0.39, 0.29) is 0 Å². The zero-order valence-electron chi connectivity index (χ0n) is 12.3. The summed E-state index contributed by atoms with van der Waals surface area (Å²) < 4.78 is 6.45. The molecule has 1 heterocycles. The summed E-state index contributed by atoms with van der Waals surface area (Å²) in [7, 11) is 1.65. The Bertz CT molecular complexity index is 640. The molecule has 0 saturated carbocycles. The molecule has 2 aromatic rings. The van der Waals surface area contributed by atoms with Gasteiger partial charge in [-0.25, -0.2) is 0 Å². The fourth-order valence-electron chi connectivity index (χ4n) is 2.86. The van der Waals surface area contributed by atoms with Gasteiger partial charge >= 0.3 is 0 Å². The Labute approximate surface area is 137 Å². The molecule has 1 aliphatic rings. The third-order valence-corrected chi connectivity index (χ3v) is 6.23. The van der Waals surface area contributed by atoms with Crippen molar-refractivity contribution in [1.82, 2.24) is 0 Å². The molecule has 4 heteroatoms. The number of aryl methyl sites for hydroxylation is 3. The molecule has 0 aliphatic heterocycles. The standard InChI is InChI=1S/C17H19BrO2S/c1-10-7-14(20-2)12(9-13(10)18)17(19)16-8-11-5-3-4-6-15(11)21-16/h7-9,17,19H,3-6H2,1-2H3. The third-order valence-electron chi connectivity index (χ3n) is 4.09. The lowest BCUT2D eigenvalue weighted by Gasteiger charge is -2.15. The van der Waals surface area contributed by atoms with Crippen LogP contribution in [0.4, 0.5) is 0 Å². The first kappa shape index (κ1) is 15.1. The highest BCUT2D eigenvalue weighted by atomic mass is 79.9.